The lowest BCUT2D eigenvalue weighted by Crippen LogP contribution is -2.23. The van der Waals surface area contributed by atoms with Crippen LogP contribution in [0.4, 0.5) is 5.69 Å². The lowest BCUT2D eigenvalue weighted by molar-refractivity contribution is 0.798. The van der Waals surface area contributed by atoms with Crippen LogP contribution in [0.15, 0.2) is 40.0 Å². The van der Waals surface area contributed by atoms with Gasteiger partial charge in [-0.2, -0.15) is 0 Å². The van der Waals surface area contributed by atoms with E-state index in [1.54, 1.807) is 0 Å². The summed E-state index contributed by atoms with van der Waals surface area (Å²) < 4.78 is 1.06. The van der Waals surface area contributed by atoms with Gasteiger partial charge in [0.1, 0.15) is 0 Å². The van der Waals surface area contributed by atoms with E-state index < -0.39 is 0 Å². The molecule has 98 valence electrons. The summed E-state index contributed by atoms with van der Waals surface area (Å²) in [5, 5.41) is 7.69. The van der Waals surface area contributed by atoms with E-state index >= 15 is 0 Å². The summed E-state index contributed by atoms with van der Waals surface area (Å²) in [6.07, 6.45) is 1.99. The Morgan fingerprint density at radius 3 is 2.33 bits per heavy atom. The molecular weight excluding hydrogens is 290 g/mol. The van der Waals surface area contributed by atoms with E-state index in [0.29, 0.717) is 5.71 Å². The minimum absolute atomic E-state index is 0.601. The average Bonchev–Trinajstić information content (AvgIpc) is 2.35. The standard InChI is InChI=1S/C14H20BrN3/c1-4-5-14(10(2)11(3)16)18-17-13-8-6-12(15)7-9-13/h6-9,16-18H,4-5H2,1-3H3. The molecule has 0 bridgehead atoms. The maximum atomic E-state index is 7.69. The predicted molar refractivity (Wildman–Crippen MR) is 81.9 cm³/mol. The summed E-state index contributed by atoms with van der Waals surface area (Å²) >= 11 is 3.41. The number of hydrogen-bond acceptors (Lipinski definition) is 3. The van der Waals surface area contributed by atoms with E-state index in [9.17, 15) is 0 Å². The normalized spacial score (nSPS) is 11.8. The molecule has 0 saturated carbocycles. The molecule has 4 heteroatoms. The smallest absolute Gasteiger partial charge is 0.0540 e. The van der Waals surface area contributed by atoms with Crippen LogP contribution >= 0.6 is 15.9 Å². The van der Waals surface area contributed by atoms with Gasteiger partial charge in [0.05, 0.1) is 5.69 Å². The Kier molecular flexibility index (Phi) is 5.92. The summed E-state index contributed by atoms with van der Waals surface area (Å²) in [5.41, 5.74) is 10.1. The van der Waals surface area contributed by atoms with Crippen molar-refractivity contribution in [1.82, 2.24) is 5.43 Å². The Morgan fingerprint density at radius 1 is 1.22 bits per heavy atom. The van der Waals surface area contributed by atoms with E-state index in [4.69, 9.17) is 5.41 Å². The first-order valence-electron chi connectivity index (χ1n) is 6.07. The van der Waals surface area contributed by atoms with E-state index in [0.717, 1.165) is 34.3 Å². The Labute approximate surface area is 117 Å². The Hall–Kier alpha value is -1.29. The molecule has 0 saturated heterocycles. The third-order valence-corrected chi connectivity index (χ3v) is 3.25. The van der Waals surface area contributed by atoms with Crippen LogP contribution < -0.4 is 10.9 Å². The van der Waals surface area contributed by atoms with Crippen LogP contribution in [0.25, 0.3) is 0 Å². The van der Waals surface area contributed by atoms with E-state index in [2.05, 4.69) is 33.7 Å². The highest BCUT2D eigenvalue weighted by Gasteiger charge is 2.03. The first-order valence-corrected chi connectivity index (χ1v) is 6.86. The monoisotopic (exact) mass is 309 g/mol. The zero-order valence-electron chi connectivity index (χ0n) is 11.1. The van der Waals surface area contributed by atoms with Gasteiger partial charge in [-0.3, -0.25) is 0 Å². The van der Waals surface area contributed by atoms with Crippen molar-refractivity contribution in [3.8, 4) is 0 Å². The van der Waals surface area contributed by atoms with Crippen LogP contribution in [-0.2, 0) is 0 Å². The van der Waals surface area contributed by atoms with Crippen molar-refractivity contribution >= 4 is 27.3 Å². The van der Waals surface area contributed by atoms with Crippen molar-refractivity contribution in [1.29, 1.82) is 5.41 Å². The average molecular weight is 310 g/mol. The van der Waals surface area contributed by atoms with Gasteiger partial charge in [0.2, 0.25) is 0 Å². The van der Waals surface area contributed by atoms with Crippen molar-refractivity contribution in [3.05, 3.63) is 40.0 Å². The van der Waals surface area contributed by atoms with Crippen LogP contribution in [0, 0.1) is 5.41 Å². The quantitative estimate of drug-likeness (QED) is 0.536. The van der Waals surface area contributed by atoms with Crippen LogP contribution in [0.1, 0.15) is 33.6 Å². The summed E-state index contributed by atoms with van der Waals surface area (Å²) in [5.74, 6) is 0. The van der Waals surface area contributed by atoms with Gasteiger partial charge in [0, 0.05) is 15.9 Å². The van der Waals surface area contributed by atoms with Crippen molar-refractivity contribution in [2.45, 2.75) is 33.6 Å². The molecule has 0 aliphatic heterocycles. The molecule has 1 rings (SSSR count). The highest BCUT2D eigenvalue weighted by molar-refractivity contribution is 9.10. The van der Waals surface area contributed by atoms with Gasteiger partial charge in [-0.05, 0) is 50.1 Å². The fraction of sp³-hybridized carbons (Fsp3) is 0.357. The maximum absolute atomic E-state index is 7.69. The van der Waals surface area contributed by atoms with Gasteiger partial charge in [0.25, 0.3) is 0 Å². The number of hydrogen-bond donors (Lipinski definition) is 3. The first kappa shape index (κ1) is 14.8. The molecule has 1 aromatic carbocycles. The summed E-state index contributed by atoms with van der Waals surface area (Å²) in [6, 6.07) is 7.96. The van der Waals surface area contributed by atoms with Crippen molar-refractivity contribution in [2.24, 2.45) is 0 Å². The lowest BCUT2D eigenvalue weighted by Gasteiger charge is -2.16. The second kappa shape index (κ2) is 7.21. The number of anilines is 1. The molecule has 3 nitrogen and oxygen atoms in total. The van der Waals surface area contributed by atoms with Crippen LogP contribution in [0.3, 0.4) is 0 Å². The molecule has 0 spiro atoms. The summed E-state index contributed by atoms with van der Waals surface area (Å²) in [4.78, 5) is 0. The highest BCUT2D eigenvalue weighted by atomic mass is 79.9. The molecule has 18 heavy (non-hydrogen) atoms. The Balaban J connectivity index is 2.71. The predicted octanol–water partition coefficient (Wildman–Crippen LogP) is 4.48. The van der Waals surface area contributed by atoms with Gasteiger partial charge in [-0.15, -0.1) is 0 Å². The summed E-state index contributed by atoms with van der Waals surface area (Å²) in [7, 11) is 0. The van der Waals surface area contributed by atoms with Gasteiger partial charge in [0.15, 0.2) is 0 Å². The molecule has 0 radical (unpaired) electrons. The lowest BCUT2D eigenvalue weighted by atomic mass is 10.1. The van der Waals surface area contributed by atoms with Crippen LogP contribution in [-0.4, -0.2) is 5.71 Å². The second-order valence-corrected chi connectivity index (χ2v) is 5.15. The third kappa shape index (κ3) is 4.53. The molecule has 0 unspecified atom stereocenters. The van der Waals surface area contributed by atoms with Gasteiger partial charge in [-0.25, -0.2) is 0 Å². The van der Waals surface area contributed by atoms with Gasteiger partial charge >= 0.3 is 0 Å². The second-order valence-electron chi connectivity index (χ2n) is 4.24. The molecule has 0 atom stereocenters. The highest BCUT2D eigenvalue weighted by Crippen LogP contribution is 2.15. The summed E-state index contributed by atoms with van der Waals surface area (Å²) in [6.45, 7) is 5.92. The van der Waals surface area contributed by atoms with E-state index in [-0.39, 0.29) is 0 Å². The van der Waals surface area contributed by atoms with Gasteiger partial charge < -0.3 is 16.3 Å². The molecular formula is C14H20BrN3. The number of nitrogens with one attached hydrogen (secondary N) is 3. The minimum Gasteiger partial charge on any atom is -0.305 e. The molecule has 3 N–H and O–H groups in total. The fourth-order valence-electron chi connectivity index (χ4n) is 1.50. The van der Waals surface area contributed by atoms with Crippen molar-refractivity contribution in [2.75, 3.05) is 5.43 Å². The third-order valence-electron chi connectivity index (χ3n) is 2.72. The van der Waals surface area contributed by atoms with Crippen LogP contribution in [0.5, 0.6) is 0 Å². The fourth-order valence-corrected chi connectivity index (χ4v) is 1.77. The molecule has 0 aliphatic carbocycles. The number of halogens is 1. The molecule has 0 aromatic heterocycles. The van der Waals surface area contributed by atoms with Crippen molar-refractivity contribution in [3.63, 3.8) is 0 Å². The molecule has 0 amide bonds. The van der Waals surface area contributed by atoms with E-state index in [1.807, 2.05) is 38.1 Å². The minimum atomic E-state index is 0.601. The number of hydrazine groups is 1. The number of benzene rings is 1. The SMILES string of the molecule is CCCC(NNc1ccc(Br)cc1)=C(C)C(C)=N. The Bertz CT molecular complexity index is 435. The van der Waals surface area contributed by atoms with E-state index in [1.165, 1.54) is 0 Å². The molecule has 1 aromatic rings. The number of allylic oxidation sites excluding steroid dienone is 2. The van der Waals surface area contributed by atoms with Crippen molar-refractivity contribution < 1.29 is 0 Å². The maximum Gasteiger partial charge on any atom is 0.0540 e. The Morgan fingerprint density at radius 2 is 1.83 bits per heavy atom. The number of rotatable bonds is 6. The zero-order chi connectivity index (χ0) is 13.5. The molecule has 0 heterocycles. The first-order chi connectivity index (χ1) is 8.54. The van der Waals surface area contributed by atoms with Gasteiger partial charge in [-0.1, -0.05) is 29.3 Å². The zero-order valence-corrected chi connectivity index (χ0v) is 12.7. The van der Waals surface area contributed by atoms with Crippen LogP contribution in [0.2, 0.25) is 0 Å². The topological polar surface area (TPSA) is 47.9 Å². The molecule has 0 fully saturated rings. The molecule has 0 aliphatic rings. The largest absolute Gasteiger partial charge is 0.305 e.